The maximum Gasteiger partial charge on any atom is 0.269 e. The van der Waals surface area contributed by atoms with Crippen LogP contribution in [-0.2, 0) is 46.2 Å². The average Bonchev–Trinajstić information content (AvgIpc) is 3.24. The first kappa shape index (κ1) is 24.9. The average molecular weight is 504 g/mol. The zero-order valence-corrected chi connectivity index (χ0v) is 18.9. The summed E-state index contributed by atoms with van der Waals surface area (Å²) in [6.07, 6.45) is 2.86. The molecule has 1 aromatic carbocycles. The van der Waals surface area contributed by atoms with Crippen molar-refractivity contribution in [2.45, 2.75) is 18.4 Å². The summed E-state index contributed by atoms with van der Waals surface area (Å²) in [5.74, 6) is -1.66. The summed E-state index contributed by atoms with van der Waals surface area (Å²) >= 11 is 12.3. The minimum Gasteiger partial charge on any atom is -0.342 e. The molecule has 11 nitrogen and oxygen atoms in total. The second-order valence-corrected chi connectivity index (χ2v) is 10.2. The van der Waals surface area contributed by atoms with Gasteiger partial charge in [0.1, 0.15) is 31.1 Å². The molecule has 0 radical (unpaired) electrons. The van der Waals surface area contributed by atoms with Crippen molar-refractivity contribution in [3.05, 3.63) is 46.5 Å². The molecule has 168 valence electrons. The van der Waals surface area contributed by atoms with Crippen LogP contribution in [0.25, 0.3) is 0 Å². The number of rotatable bonds is 6. The SMILES string of the molecule is COS(=O)(=O)CC1COC(Cn2cncn2)(c2ccc(Cl)cc2Cl)O1.CS(=O)(=O)O. The van der Waals surface area contributed by atoms with Crippen LogP contribution in [0.4, 0.5) is 0 Å². The molecule has 1 fully saturated rings. The van der Waals surface area contributed by atoms with Crippen molar-refractivity contribution in [3.63, 3.8) is 0 Å². The van der Waals surface area contributed by atoms with Crippen LogP contribution in [0.15, 0.2) is 30.9 Å². The lowest BCUT2D eigenvalue weighted by atomic mass is 10.1. The molecule has 15 heteroatoms. The number of aromatic nitrogens is 3. The van der Waals surface area contributed by atoms with Gasteiger partial charge in [-0.2, -0.15) is 21.9 Å². The van der Waals surface area contributed by atoms with Gasteiger partial charge >= 0.3 is 0 Å². The smallest absolute Gasteiger partial charge is 0.269 e. The summed E-state index contributed by atoms with van der Waals surface area (Å²) in [4.78, 5) is 3.89. The molecule has 0 bridgehead atoms. The molecule has 30 heavy (non-hydrogen) atoms. The maximum absolute atomic E-state index is 11.7. The fraction of sp³-hybridized carbons (Fsp3) is 0.467. The predicted molar refractivity (Wildman–Crippen MR) is 107 cm³/mol. The summed E-state index contributed by atoms with van der Waals surface area (Å²) in [5.41, 5.74) is 0.520. The topological polar surface area (TPSA) is 147 Å². The third kappa shape index (κ3) is 7.42. The molecule has 1 N–H and O–H groups in total. The fourth-order valence-electron chi connectivity index (χ4n) is 2.58. The van der Waals surface area contributed by atoms with Crippen molar-refractivity contribution in [3.8, 4) is 0 Å². The van der Waals surface area contributed by atoms with Crippen LogP contribution in [0.3, 0.4) is 0 Å². The molecule has 0 amide bonds. The Kier molecular flexibility index (Phi) is 8.21. The van der Waals surface area contributed by atoms with Crippen molar-refractivity contribution in [2.24, 2.45) is 0 Å². The van der Waals surface area contributed by atoms with Gasteiger partial charge in [-0.25, -0.2) is 9.67 Å². The lowest BCUT2D eigenvalue weighted by Crippen LogP contribution is -2.35. The van der Waals surface area contributed by atoms with Gasteiger partial charge in [-0.3, -0.25) is 8.74 Å². The van der Waals surface area contributed by atoms with Crippen molar-refractivity contribution in [2.75, 3.05) is 25.7 Å². The fourth-order valence-corrected chi connectivity index (χ4v) is 3.89. The third-order valence-corrected chi connectivity index (χ3v) is 5.52. The molecule has 3 rings (SSSR count). The summed E-state index contributed by atoms with van der Waals surface area (Å²) in [7, 11) is -6.27. The second kappa shape index (κ2) is 9.87. The Morgan fingerprint density at radius 3 is 2.53 bits per heavy atom. The number of hydrogen-bond donors (Lipinski definition) is 1. The van der Waals surface area contributed by atoms with E-state index in [2.05, 4.69) is 14.3 Å². The van der Waals surface area contributed by atoms with Gasteiger partial charge in [-0.1, -0.05) is 29.3 Å². The van der Waals surface area contributed by atoms with E-state index in [-0.39, 0.29) is 18.9 Å². The van der Waals surface area contributed by atoms with Crippen LogP contribution in [-0.4, -0.2) is 68.0 Å². The van der Waals surface area contributed by atoms with Crippen molar-refractivity contribution < 1.29 is 35.0 Å². The van der Waals surface area contributed by atoms with E-state index in [4.69, 9.17) is 37.2 Å². The molecular weight excluding hydrogens is 485 g/mol. The van der Waals surface area contributed by atoms with Gasteiger partial charge in [0, 0.05) is 10.6 Å². The van der Waals surface area contributed by atoms with E-state index in [1.165, 1.54) is 17.3 Å². The van der Waals surface area contributed by atoms with E-state index in [9.17, 15) is 16.8 Å². The first-order valence-corrected chi connectivity index (χ1v) is 12.3. The molecule has 2 heterocycles. The Hall–Kier alpha value is -1.32. The van der Waals surface area contributed by atoms with Gasteiger partial charge in [0.05, 0.1) is 25.0 Å². The number of benzene rings is 1. The van der Waals surface area contributed by atoms with E-state index >= 15 is 0 Å². The normalized spacial score (nSPS) is 21.8. The predicted octanol–water partition coefficient (Wildman–Crippen LogP) is 1.33. The van der Waals surface area contributed by atoms with Gasteiger partial charge in [-0.05, 0) is 12.1 Å². The van der Waals surface area contributed by atoms with Gasteiger partial charge < -0.3 is 9.47 Å². The highest BCUT2D eigenvalue weighted by Gasteiger charge is 2.46. The van der Waals surface area contributed by atoms with Gasteiger partial charge in [-0.15, -0.1) is 0 Å². The Balaban J connectivity index is 0.000000575. The van der Waals surface area contributed by atoms with E-state index < -0.39 is 32.1 Å². The van der Waals surface area contributed by atoms with Crippen LogP contribution >= 0.6 is 23.2 Å². The number of halogens is 2. The zero-order chi connectivity index (χ0) is 22.6. The molecule has 1 aliphatic heterocycles. The molecular formula is C15H19Cl2N3O8S2. The molecule has 0 aliphatic carbocycles. The van der Waals surface area contributed by atoms with Crippen LogP contribution in [0.1, 0.15) is 5.56 Å². The van der Waals surface area contributed by atoms with Gasteiger partial charge in [0.15, 0.2) is 0 Å². The second-order valence-electron chi connectivity index (χ2n) is 6.15. The number of hydrogen-bond acceptors (Lipinski definition) is 9. The molecule has 2 atom stereocenters. The lowest BCUT2D eigenvalue weighted by Gasteiger charge is -2.29. The minimum atomic E-state index is -3.71. The molecule has 1 saturated heterocycles. The van der Waals surface area contributed by atoms with E-state index in [0.29, 0.717) is 21.9 Å². The van der Waals surface area contributed by atoms with Crippen LogP contribution < -0.4 is 0 Å². The third-order valence-electron chi connectivity index (χ3n) is 3.68. The monoisotopic (exact) mass is 503 g/mol. The largest absolute Gasteiger partial charge is 0.342 e. The van der Waals surface area contributed by atoms with Crippen molar-refractivity contribution >= 4 is 43.4 Å². The molecule has 1 aliphatic rings. The highest BCUT2D eigenvalue weighted by atomic mass is 35.5. The first-order valence-electron chi connectivity index (χ1n) is 8.14. The summed E-state index contributed by atoms with van der Waals surface area (Å²) < 4.78 is 67.1. The Morgan fingerprint density at radius 1 is 1.33 bits per heavy atom. The standard InChI is InChI=1S/C14H15Cl2N3O5S.CH4O3S/c1-22-25(20,21)6-11-5-23-14(24-11,7-19-9-17-8-18-19)12-3-2-10(15)4-13(12)16;1-5(2,3)4/h2-4,8-9,11H,5-7H2,1H3;1H3,(H,2,3,4). The highest BCUT2D eigenvalue weighted by Crippen LogP contribution is 2.40. The summed E-state index contributed by atoms with van der Waals surface area (Å²) in [6, 6.07) is 4.89. The van der Waals surface area contributed by atoms with Crippen LogP contribution in [0.2, 0.25) is 10.0 Å². The molecule has 0 saturated carbocycles. The van der Waals surface area contributed by atoms with Gasteiger partial charge in [0.2, 0.25) is 5.79 Å². The molecule has 2 aromatic rings. The van der Waals surface area contributed by atoms with Crippen LogP contribution in [0, 0.1) is 0 Å². The number of ether oxygens (including phenoxy) is 2. The lowest BCUT2D eigenvalue weighted by molar-refractivity contribution is -0.186. The Morgan fingerprint density at radius 2 is 2.00 bits per heavy atom. The maximum atomic E-state index is 11.7. The summed E-state index contributed by atoms with van der Waals surface area (Å²) in [6.45, 7) is 0.189. The first-order chi connectivity index (χ1) is 13.8. The van der Waals surface area contributed by atoms with E-state index in [0.717, 1.165) is 7.11 Å². The minimum absolute atomic E-state index is 0.0518. The van der Waals surface area contributed by atoms with Crippen molar-refractivity contribution in [1.29, 1.82) is 0 Å². The summed E-state index contributed by atoms with van der Waals surface area (Å²) in [5, 5.41) is 4.84. The Bertz CT molecular complexity index is 1060. The Labute approximate surface area is 183 Å². The van der Waals surface area contributed by atoms with Gasteiger partial charge in [0.25, 0.3) is 20.2 Å². The molecule has 2 unspecified atom stereocenters. The van der Waals surface area contributed by atoms with Crippen molar-refractivity contribution in [1.82, 2.24) is 14.8 Å². The number of nitrogens with zero attached hydrogens (tertiary/aromatic N) is 3. The molecule has 1 aromatic heterocycles. The molecule has 0 spiro atoms. The zero-order valence-electron chi connectivity index (χ0n) is 15.8. The highest BCUT2D eigenvalue weighted by molar-refractivity contribution is 7.86. The van der Waals surface area contributed by atoms with E-state index in [1.807, 2.05) is 0 Å². The van der Waals surface area contributed by atoms with E-state index in [1.54, 1.807) is 18.2 Å². The quantitative estimate of drug-likeness (QED) is 0.451. The van der Waals surface area contributed by atoms with Crippen LogP contribution in [0.5, 0.6) is 0 Å².